The second-order valence-corrected chi connectivity index (χ2v) is 11.1. The van der Waals surface area contributed by atoms with Gasteiger partial charge in [-0.3, -0.25) is 30.0 Å². The number of nitro benzene ring substituents is 2. The Hall–Kier alpha value is -4.05. The fourth-order valence-corrected chi connectivity index (χ4v) is 5.62. The van der Waals surface area contributed by atoms with Crippen LogP contribution in [0.4, 0.5) is 21.0 Å². The third kappa shape index (κ3) is 8.72. The van der Waals surface area contributed by atoms with E-state index >= 15 is 0 Å². The molecule has 1 saturated heterocycles. The van der Waals surface area contributed by atoms with Crippen LogP contribution < -0.4 is 5.43 Å². The number of hydrazine groups is 1. The van der Waals surface area contributed by atoms with Crippen molar-refractivity contribution in [1.82, 2.24) is 15.3 Å². The van der Waals surface area contributed by atoms with Gasteiger partial charge in [-0.05, 0) is 47.6 Å². The van der Waals surface area contributed by atoms with Crippen LogP contribution in [0.2, 0.25) is 0 Å². The summed E-state index contributed by atoms with van der Waals surface area (Å²) >= 11 is 5.83. The van der Waals surface area contributed by atoms with E-state index in [1.807, 2.05) is 6.92 Å². The maximum Gasteiger partial charge on any atom is 0.426 e. The molecule has 0 radical (unpaired) electrons. The molecule has 220 valence electrons. The van der Waals surface area contributed by atoms with Gasteiger partial charge >= 0.3 is 12.2 Å². The van der Waals surface area contributed by atoms with Gasteiger partial charge in [0.15, 0.2) is 0 Å². The first-order chi connectivity index (χ1) is 19.5. The van der Waals surface area contributed by atoms with E-state index in [4.69, 9.17) is 9.47 Å². The van der Waals surface area contributed by atoms with Crippen molar-refractivity contribution < 1.29 is 33.7 Å². The number of non-ortho nitro benzene ring substituents is 2. The fourth-order valence-electron chi connectivity index (χ4n) is 4.09. The highest BCUT2D eigenvalue weighted by molar-refractivity contribution is 8.00. The largest absolute Gasteiger partial charge is 0.445 e. The highest BCUT2D eigenvalue weighted by atomic mass is 32.2. The van der Waals surface area contributed by atoms with E-state index in [-0.39, 0.29) is 36.4 Å². The molecule has 1 unspecified atom stereocenters. The molecule has 1 heterocycles. The number of ether oxygens (including phenoxy) is 2. The summed E-state index contributed by atoms with van der Waals surface area (Å²) in [6.45, 7) is 1.83. The number of nitro groups is 2. The molecule has 2 aromatic rings. The molecule has 2 aromatic carbocycles. The summed E-state index contributed by atoms with van der Waals surface area (Å²) in [4.78, 5) is 60.7. The van der Waals surface area contributed by atoms with E-state index in [9.17, 15) is 34.6 Å². The molecular formula is C25H29N5O9S2. The lowest BCUT2D eigenvalue weighted by atomic mass is 10.1. The van der Waals surface area contributed by atoms with E-state index < -0.39 is 39.2 Å². The number of likely N-dealkylation sites (tertiary alicyclic amines) is 1. The molecule has 14 nitrogen and oxygen atoms in total. The summed E-state index contributed by atoms with van der Waals surface area (Å²) in [7, 11) is 1.36. The zero-order valence-corrected chi connectivity index (χ0v) is 23.9. The Morgan fingerprint density at radius 2 is 1.54 bits per heavy atom. The highest BCUT2D eigenvalue weighted by Gasteiger charge is 2.43. The number of thiol groups is 1. The monoisotopic (exact) mass is 607 g/mol. The van der Waals surface area contributed by atoms with Crippen molar-refractivity contribution in [3.63, 3.8) is 0 Å². The molecule has 1 N–H and O–H groups in total. The number of rotatable bonds is 10. The molecule has 16 heteroatoms. The number of benzene rings is 2. The number of nitrogens with one attached hydrogen (secondary N) is 1. The van der Waals surface area contributed by atoms with Crippen LogP contribution >= 0.6 is 24.4 Å². The van der Waals surface area contributed by atoms with Gasteiger partial charge in [0.25, 0.3) is 17.3 Å². The van der Waals surface area contributed by atoms with Gasteiger partial charge in [-0.2, -0.15) is 12.6 Å². The fraction of sp³-hybridized carbons (Fsp3) is 0.400. The number of nitrogens with zero attached hydrogens (tertiary/aromatic N) is 4. The Kier molecular flexibility index (Phi) is 11.2. The van der Waals surface area contributed by atoms with Crippen molar-refractivity contribution in [1.29, 1.82) is 0 Å². The van der Waals surface area contributed by atoms with Crippen LogP contribution in [-0.4, -0.2) is 73.7 Å². The Balaban J connectivity index is 1.59. The minimum Gasteiger partial charge on any atom is -0.445 e. The van der Waals surface area contributed by atoms with Crippen molar-refractivity contribution in [2.75, 3.05) is 19.3 Å². The Labute approximate surface area is 245 Å². The summed E-state index contributed by atoms with van der Waals surface area (Å²) in [6.07, 6.45) is -1.15. The second kappa shape index (κ2) is 14.5. The molecular weight excluding hydrogens is 578 g/mol. The van der Waals surface area contributed by atoms with Crippen LogP contribution in [0.25, 0.3) is 0 Å². The number of hydrogen-bond acceptors (Lipinski definition) is 11. The Morgan fingerprint density at radius 1 is 1.02 bits per heavy atom. The number of thioether (sulfide) groups is 1. The summed E-state index contributed by atoms with van der Waals surface area (Å²) in [5.74, 6) is 0.0820. The molecule has 0 aliphatic carbocycles. The molecule has 1 aliphatic rings. The van der Waals surface area contributed by atoms with E-state index in [0.717, 1.165) is 5.01 Å². The van der Waals surface area contributed by atoms with Crippen LogP contribution in [0, 0.1) is 20.2 Å². The molecule has 1 aliphatic heterocycles. The van der Waals surface area contributed by atoms with Crippen molar-refractivity contribution in [3.05, 3.63) is 79.9 Å². The molecule has 0 saturated carbocycles. The molecule has 0 bridgehead atoms. The summed E-state index contributed by atoms with van der Waals surface area (Å²) < 4.78 is 10.6. The van der Waals surface area contributed by atoms with Crippen LogP contribution in [0.3, 0.4) is 0 Å². The Bertz CT molecular complexity index is 1260. The minimum atomic E-state index is -0.905. The summed E-state index contributed by atoms with van der Waals surface area (Å²) in [5.41, 5.74) is 3.27. The van der Waals surface area contributed by atoms with Crippen LogP contribution in [0.15, 0.2) is 48.5 Å². The lowest BCUT2D eigenvalue weighted by Gasteiger charge is -2.32. The zero-order valence-electron chi connectivity index (χ0n) is 22.2. The van der Waals surface area contributed by atoms with Crippen LogP contribution in [0.5, 0.6) is 0 Å². The van der Waals surface area contributed by atoms with Gasteiger partial charge in [0, 0.05) is 43.1 Å². The van der Waals surface area contributed by atoms with E-state index in [1.54, 1.807) is 0 Å². The van der Waals surface area contributed by atoms with Crippen LogP contribution in [0.1, 0.15) is 24.5 Å². The van der Waals surface area contributed by atoms with E-state index in [0.29, 0.717) is 23.3 Å². The van der Waals surface area contributed by atoms with Gasteiger partial charge in [-0.1, -0.05) is 6.92 Å². The first-order valence-electron chi connectivity index (χ1n) is 12.4. The molecule has 3 rings (SSSR count). The average molecular weight is 608 g/mol. The van der Waals surface area contributed by atoms with Crippen molar-refractivity contribution in [2.45, 2.75) is 43.1 Å². The number of carbonyl (C=O) groups excluding carboxylic acids is 3. The molecule has 41 heavy (non-hydrogen) atoms. The normalized spacial score (nSPS) is 16.9. The zero-order chi connectivity index (χ0) is 30.1. The SMILES string of the molecule is CCSC(C(=O)N(C)NC(=O)OCc1ccc([N+](=O)[O-])cc1)[C@@H]1C[C@@H](S)CN1C(=O)OCc1ccc([N+](=O)[O-])cc1. The first-order valence-corrected chi connectivity index (χ1v) is 14.0. The van der Waals surface area contributed by atoms with E-state index in [2.05, 4.69) is 18.1 Å². The first kappa shape index (κ1) is 31.5. The molecule has 0 aromatic heterocycles. The molecule has 0 spiro atoms. The third-order valence-electron chi connectivity index (χ3n) is 6.11. The van der Waals surface area contributed by atoms with Gasteiger partial charge in [-0.15, -0.1) is 11.8 Å². The molecule has 1 fully saturated rings. The van der Waals surface area contributed by atoms with Crippen LogP contribution in [-0.2, 0) is 27.5 Å². The van der Waals surface area contributed by atoms with Gasteiger partial charge in [0.2, 0.25) is 0 Å². The standard InChI is InChI=1S/C25H29N5O9S2/c1-3-41-22(23(31)27(2)26-24(32)38-14-16-4-8-18(9-5-16)29(34)35)21-12-20(40)13-28(21)25(33)39-15-17-6-10-19(11-7-17)30(36)37/h4-11,20-22,40H,3,12-15H2,1-2H3,(H,26,32)/t20-,21+,22?/m1/s1. The smallest absolute Gasteiger partial charge is 0.426 e. The van der Waals surface area contributed by atoms with Crippen molar-refractivity contribution in [3.8, 4) is 0 Å². The molecule has 3 atom stereocenters. The van der Waals surface area contributed by atoms with E-state index in [1.165, 1.54) is 72.2 Å². The van der Waals surface area contributed by atoms with Crippen molar-refractivity contribution >= 4 is 53.9 Å². The lowest BCUT2D eigenvalue weighted by molar-refractivity contribution is -0.385. The highest BCUT2D eigenvalue weighted by Crippen LogP contribution is 2.32. The summed E-state index contributed by atoms with van der Waals surface area (Å²) in [6, 6.07) is 10.5. The average Bonchev–Trinajstić information content (AvgIpc) is 3.34. The molecule has 3 amide bonds. The summed E-state index contributed by atoms with van der Waals surface area (Å²) in [5, 5.41) is 21.7. The maximum absolute atomic E-state index is 13.4. The number of hydrogen-bond donors (Lipinski definition) is 2. The Morgan fingerprint density at radius 3 is 2.02 bits per heavy atom. The van der Waals surface area contributed by atoms with Gasteiger partial charge in [-0.25, -0.2) is 15.0 Å². The van der Waals surface area contributed by atoms with Gasteiger partial charge < -0.3 is 14.4 Å². The maximum atomic E-state index is 13.4. The third-order valence-corrected chi connectivity index (χ3v) is 7.69. The number of carbonyl (C=O) groups is 3. The topological polar surface area (TPSA) is 174 Å². The predicted octanol–water partition coefficient (Wildman–Crippen LogP) is 3.93. The van der Waals surface area contributed by atoms with Gasteiger partial charge in [0.05, 0.1) is 15.9 Å². The predicted molar refractivity (Wildman–Crippen MR) is 152 cm³/mol. The number of amides is 3. The lowest BCUT2D eigenvalue weighted by Crippen LogP contribution is -2.53. The van der Waals surface area contributed by atoms with Gasteiger partial charge in [0.1, 0.15) is 18.5 Å². The van der Waals surface area contributed by atoms with Crippen molar-refractivity contribution in [2.24, 2.45) is 0 Å². The second-order valence-electron chi connectivity index (χ2n) is 8.97. The minimum absolute atomic E-state index is 0.0801. The quantitative estimate of drug-likeness (QED) is 0.229.